The van der Waals surface area contributed by atoms with E-state index in [0.717, 1.165) is 0 Å². The standard InChI is InChI=1S/C13H16N2O6/c1-20-12(18)8-21-10-4-2-3-9(7-10)15-13(19)14-6-5-11(16)17/h2-4,7H,5-6,8H2,1H3,(H,16,17)(H2,14,15,19). The largest absolute Gasteiger partial charge is 0.482 e. The second-order valence-electron chi connectivity index (χ2n) is 3.92. The maximum absolute atomic E-state index is 11.5. The number of amides is 2. The number of esters is 1. The second kappa shape index (κ2) is 8.41. The fourth-order valence-corrected chi connectivity index (χ4v) is 1.32. The monoisotopic (exact) mass is 296 g/mol. The van der Waals surface area contributed by atoms with Gasteiger partial charge in [0.25, 0.3) is 0 Å². The van der Waals surface area contributed by atoms with Crippen LogP contribution in [0.5, 0.6) is 5.75 Å². The van der Waals surface area contributed by atoms with Crippen molar-refractivity contribution in [2.45, 2.75) is 6.42 Å². The molecule has 1 aromatic carbocycles. The van der Waals surface area contributed by atoms with Crippen LogP contribution in [0.4, 0.5) is 10.5 Å². The number of carbonyl (C=O) groups excluding carboxylic acids is 2. The molecule has 0 fully saturated rings. The normalized spacial score (nSPS) is 9.57. The van der Waals surface area contributed by atoms with Gasteiger partial charge in [0.15, 0.2) is 6.61 Å². The van der Waals surface area contributed by atoms with E-state index in [4.69, 9.17) is 9.84 Å². The molecular formula is C13H16N2O6. The SMILES string of the molecule is COC(=O)COc1cccc(NC(=O)NCCC(=O)O)c1. The molecule has 0 atom stereocenters. The number of urea groups is 1. The first kappa shape index (κ1) is 16.3. The highest BCUT2D eigenvalue weighted by atomic mass is 16.6. The molecule has 0 heterocycles. The number of carboxylic acid groups (broad SMARTS) is 1. The van der Waals surface area contributed by atoms with Gasteiger partial charge < -0.3 is 25.2 Å². The van der Waals surface area contributed by atoms with E-state index in [0.29, 0.717) is 11.4 Å². The molecule has 0 radical (unpaired) electrons. The van der Waals surface area contributed by atoms with Gasteiger partial charge in [-0.15, -0.1) is 0 Å². The summed E-state index contributed by atoms with van der Waals surface area (Å²) >= 11 is 0. The zero-order valence-corrected chi connectivity index (χ0v) is 11.4. The lowest BCUT2D eigenvalue weighted by Gasteiger charge is -2.09. The summed E-state index contributed by atoms with van der Waals surface area (Å²) in [4.78, 5) is 32.7. The number of nitrogens with one attached hydrogen (secondary N) is 2. The predicted molar refractivity (Wildman–Crippen MR) is 73.2 cm³/mol. The molecule has 0 aromatic heterocycles. The van der Waals surface area contributed by atoms with E-state index in [2.05, 4.69) is 15.4 Å². The number of hydrogen-bond acceptors (Lipinski definition) is 5. The number of anilines is 1. The van der Waals surface area contributed by atoms with Crippen molar-refractivity contribution in [3.05, 3.63) is 24.3 Å². The minimum atomic E-state index is -0.992. The molecule has 3 N–H and O–H groups in total. The van der Waals surface area contributed by atoms with E-state index in [-0.39, 0.29) is 19.6 Å². The van der Waals surface area contributed by atoms with Gasteiger partial charge in [0.1, 0.15) is 5.75 Å². The number of rotatable bonds is 7. The van der Waals surface area contributed by atoms with Crippen LogP contribution >= 0.6 is 0 Å². The first-order chi connectivity index (χ1) is 10.0. The van der Waals surface area contributed by atoms with E-state index in [1.807, 2.05) is 0 Å². The number of carboxylic acids is 1. The summed E-state index contributed by atoms with van der Waals surface area (Å²) in [7, 11) is 1.26. The Labute approximate surface area is 121 Å². The molecule has 0 spiro atoms. The molecule has 0 aliphatic rings. The van der Waals surface area contributed by atoms with E-state index < -0.39 is 18.0 Å². The van der Waals surface area contributed by atoms with Crippen molar-refractivity contribution in [1.29, 1.82) is 0 Å². The summed E-state index contributed by atoms with van der Waals surface area (Å²) < 4.78 is 9.61. The van der Waals surface area contributed by atoms with Crippen molar-refractivity contribution in [3.8, 4) is 5.75 Å². The molecule has 1 rings (SSSR count). The van der Waals surface area contributed by atoms with Gasteiger partial charge in [0.2, 0.25) is 0 Å². The van der Waals surface area contributed by atoms with Crippen molar-refractivity contribution in [1.82, 2.24) is 5.32 Å². The fraction of sp³-hybridized carbons (Fsp3) is 0.308. The Balaban J connectivity index is 2.46. The molecule has 8 heteroatoms. The Kier molecular flexibility index (Phi) is 6.52. The zero-order chi connectivity index (χ0) is 15.7. The minimum absolute atomic E-state index is 0.0275. The third-order valence-electron chi connectivity index (χ3n) is 2.30. The quantitative estimate of drug-likeness (QED) is 0.642. The number of carbonyl (C=O) groups is 3. The van der Waals surface area contributed by atoms with Crippen LogP contribution in [0.15, 0.2) is 24.3 Å². The summed E-state index contributed by atoms with van der Waals surface area (Å²) in [5.41, 5.74) is 0.449. The first-order valence-corrected chi connectivity index (χ1v) is 6.07. The number of ether oxygens (including phenoxy) is 2. The summed E-state index contributed by atoms with van der Waals surface area (Å²) in [5.74, 6) is -1.11. The third kappa shape index (κ3) is 6.81. The molecule has 114 valence electrons. The third-order valence-corrected chi connectivity index (χ3v) is 2.30. The maximum atomic E-state index is 11.5. The Morgan fingerprint density at radius 1 is 1.29 bits per heavy atom. The molecule has 0 aliphatic carbocycles. The Hall–Kier alpha value is -2.77. The molecule has 21 heavy (non-hydrogen) atoms. The summed E-state index contributed by atoms with van der Waals surface area (Å²) in [6, 6.07) is 5.89. The number of methoxy groups -OCH3 is 1. The van der Waals surface area contributed by atoms with E-state index >= 15 is 0 Å². The molecular weight excluding hydrogens is 280 g/mol. The molecule has 8 nitrogen and oxygen atoms in total. The lowest BCUT2D eigenvalue weighted by atomic mass is 10.3. The lowest BCUT2D eigenvalue weighted by Crippen LogP contribution is -2.30. The second-order valence-corrected chi connectivity index (χ2v) is 3.92. The van der Waals surface area contributed by atoms with Crippen LogP contribution in [-0.2, 0) is 14.3 Å². The lowest BCUT2D eigenvalue weighted by molar-refractivity contribution is -0.143. The molecule has 1 aromatic rings. The Bertz CT molecular complexity index is 517. The molecule has 0 saturated carbocycles. The van der Waals surface area contributed by atoms with E-state index in [1.54, 1.807) is 18.2 Å². The summed E-state index contributed by atoms with van der Waals surface area (Å²) in [6.45, 7) is -0.204. The van der Waals surface area contributed by atoms with E-state index in [9.17, 15) is 14.4 Å². The van der Waals surface area contributed by atoms with Crippen molar-refractivity contribution < 1.29 is 29.0 Å². The topological polar surface area (TPSA) is 114 Å². The van der Waals surface area contributed by atoms with Gasteiger partial charge in [-0.3, -0.25) is 4.79 Å². The van der Waals surface area contributed by atoms with Gasteiger partial charge in [-0.1, -0.05) is 6.07 Å². The average Bonchev–Trinajstić information content (AvgIpc) is 2.44. The van der Waals surface area contributed by atoms with Crippen LogP contribution < -0.4 is 15.4 Å². The first-order valence-electron chi connectivity index (χ1n) is 6.07. The van der Waals surface area contributed by atoms with Crippen LogP contribution in [-0.4, -0.2) is 43.3 Å². The highest BCUT2D eigenvalue weighted by Gasteiger charge is 2.05. The van der Waals surface area contributed by atoms with Crippen molar-refractivity contribution in [2.75, 3.05) is 25.6 Å². The minimum Gasteiger partial charge on any atom is -0.482 e. The summed E-state index contributed by atoms with van der Waals surface area (Å²) in [5, 5.41) is 13.4. The van der Waals surface area contributed by atoms with Crippen molar-refractivity contribution >= 4 is 23.7 Å². The fourth-order valence-electron chi connectivity index (χ4n) is 1.32. The molecule has 0 aliphatic heterocycles. The van der Waals surface area contributed by atoms with Crippen LogP contribution in [0, 0.1) is 0 Å². The smallest absolute Gasteiger partial charge is 0.343 e. The van der Waals surface area contributed by atoms with Gasteiger partial charge in [0, 0.05) is 18.3 Å². The maximum Gasteiger partial charge on any atom is 0.343 e. The van der Waals surface area contributed by atoms with Gasteiger partial charge in [-0.05, 0) is 12.1 Å². The van der Waals surface area contributed by atoms with Gasteiger partial charge in [0.05, 0.1) is 13.5 Å². The van der Waals surface area contributed by atoms with Gasteiger partial charge in [-0.25, -0.2) is 9.59 Å². The number of aliphatic carboxylic acids is 1. The van der Waals surface area contributed by atoms with Crippen LogP contribution in [0.1, 0.15) is 6.42 Å². The van der Waals surface area contributed by atoms with Crippen molar-refractivity contribution in [3.63, 3.8) is 0 Å². The van der Waals surface area contributed by atoms with Crippen molar-refractivity contribution in [2.24, 2.45) is 0 Å². The highest BCUT2D eigenvalue weighted by molar-refractivity contribution is 5.89. The summed E-state index contributed by atoms with van der Waals surface area (Å²) in [6.07, 6.45) is -0.157. The van der Waals surface area contributed by atoms with Crippen LogP contribution in [0.2, 0.25) is 0 Å². The Morgan fingerprint density at radius 2 is 2.05 bits per heavy atom. The van der Waals surface area contributed by atoms with Crippen LogP contribution in [0.25, 0.3) is 0 Å². The van der Waals surface area contributed by atoms with Crippen LogP contribution in [0.3, 0.4) is 0 Å². The molecule has 0 bridgehead atoms. The van der Waals surface area contributed by atoms with Gasteiger partial charge >= 0.3 is 18.0 Å². The average molecular weight is 296 g/mol. The highest BCUT2D eigenvalue weighted by Crippen LogP contribution is 2.17. The van der Waals surface area contributed by atoms with E-state index in [1.165, 1.54) is 13.2 Å². The molecule has 0 unspecified atom stereocenters. The number of benzene rings is 1. The number of hydrogen-bond donors (Lipinski definition) is 3. The molecule has 0 saturated heterocycles. The predicted octanol–water partition coefficient (Wildman–Crippen LogP) is 0.835. The zero-order valence-electron chi connectivity index (χ0n) is 11.4. The van der Waals surface area contributed by atoms with Gasteiger partial charge in [-0.2, -0.15) is 0 Å². The molecule has 2 amide bonds. The Morgan fingerprint density at radius 3 is 2.71 bits per heavy atom.